The first-order valence-electron chi connectivity index (χ1n) is 36.6. The molecule has 9 aromatic rings. The van der Waals surface area contributed by atoms with Crippen LogP contribution in [0.3, 0.4) is 0 Å². The summed E-state index contributed by atoms with van der Waals surface area (Å²) in [5.74, 6) is 0.717. The number of rotatable bonds is 29. The van der Waals surface area contributed by atoms with Crippen LogP contribution >= 0.6 is 0 Å². The summed E-state index contributed by atoms with van der Waals surface area (Å²) in [6.45, 7) is 26.9. The van der Waals surface area contributed by atoms with E-state index in [1.54, 1.807) is 47.5 Å². The molecule has 23 nitrogen and oxygen atoms in total. The molecule has 1 amide bonds. The van der Waals surface area contributed by atoms with E-state index in [9.17, 15) is 29.7 Å². The molecule has 2 saturated heterocycles. The normalized spacial score (nSPS) is 19.2. The number of alkyl carbamates (subject to hydrolysis) is 1. The molecule has 568 valence electrons. The lowest BCUT2D eigenvalue weighted by Gasteiger charge is -2.44. The number of imidazole rings is 1. The van der Waals surface area contributed by atoms with Crippen molar-refractivity contribution in [2.75, 3.05) is 51.1 Å². The number of anilines is 2. The number of hydrogen-bond acceptors (Lipinski definition) is 19. The second-order valence-corrected chi connectivity index (χ2v) is 41.3. The molecule has 11 rings (SSSR count). The molecular formula is C82H104N10O13Si2. The van der Waals surface area contributed by atoms with Gasteiger partial charge in [0.25, 0.3) is 0 Å². The van der Waals surface area contributed by atoms with Crippen LogP contribution < -0.4 is 31.1 Å². The van der Waals surface area contributed by atoms with Gasteiger partial charge in [-0.3, -0.25) is 9.13 Å². The van der Waals surface area contributed by atoms with E-state index in [1.807, 2.05) is 150 Å². The number of carbonyl (C=O) groups excluding carboxylic acids is 1. The number of methoxy groups -OCH3 is 2. The van der Waals surface area contributed by atoms with Crippen LogP contribution in [0.15, 0.2) is 194 Å². The minimum Gasteiger partial charge on any atom is -0.497 e. The van der Waals surface area contributed by atoms with Gasteiger partial charge in [0, 0.05) is 37.8 Å². The zero-order valence-electron chi connectivity index (χ0n) is 64.0. The van der Waals surface area contributed by atoms with Crippen molar-refractivity contribution < 1.29 is 57.4 Å². The van der Waals surface area contributed by atoms with E-state index < -0.39 is 107 Å². The number of nitrogens with one attached hydrogen (secondary N) is 3. The first kappa shape index (κ1) is 78.9. The summed E-state index contributed by atoms with van der Waals surface area (Å²) >= 11 is 0. The number of aliphatic hydroxyl groups is 2. The Labute approximate surface area is 629 Å². The number of aliphatic hydroxyl groups excluding tert-OH is 2. The molecule has 107 heavy (non-hydrogen) atoms. The standard InChI is InChI=1S/C82H104N10O13Si2/c1-78(2,3)103-77(98)86-63(75(95)96)45-47-90(46-44-54-49-91(67-48-64(94)66(51-93)101-67)76(97)87-71(54)88-81(55-28-20-16-21-29-55,56-30-22-17-23-31-56)59-36-40-61(99-10)41-37-59)50-65-69(104-106(12,13)79(4,5)6)70(105-107(14,15)80(7,8)9)74(102-65)92-53-85-68-72(83-52-84-73(68)92)89-82(57-32-24-18-25-33-57,58-34-26-19-27-35-58)60-38-42-62(100-11)43-39-60/h16-43,49,52-53,63-67,69-70,74,93-94H,44-48,50-51H2,1-15H3,(H,86,98)(H,95,96)(H,83,84,89)(H,87,88,97)/t63-,64-,65+,66+,67-,69+,70+,74+/m0/s1. The van der Waals surface area contributed by atoms with Crippen molar-refractivity contribution in [1.82, 2.24) is 39.3 Å². The van der Waals surface area contributed by atoms with Crippen molar-refractivity contribution in [1.29, 1.82) is 0 Å². The Morgan fingerprint density at radius 3 is 1.54 bits per heavy atom. The third kappa shape index (κ3) is 17.2. The van der Waals surface area contributed by atoms with Gasteiger partial charge in [0.05, 0.1) is 33.3 Å². The first-order valence-corrected chi connectivity index (χ1v) is 42.4. The summed E-state index contributed by atoms with van der Waals surface area (Å²) in [5.41, 5.74) is 2.77. The van der Waals surface area contributed by atoms with Gasteiger partial charge in [-0.25, -0.2) is 29.3 Å². The third-order valence-electron chi connectivity index (χ3n) is 21.5. The van der Waals surface area contributed by atoms with Gasteiger partial charge < -0.3 is 68.7 Å². The monoisotopic (exact) mass is 1490 g/mol. The Hall–Kier alpha value is -9.16. The predicted molar refractivity (Wildman–Crippen MR) is 418 cm³/mol. The Bertz CT molecular complexity index is 4440. The maximum atomic E-state index is 14.9. The van der Waals surface area contributed by atoms with Crippen LogP contribution in [-0.4, -0.2) is 161 Å². The van der Waals surface area contributed by atoms with E-state index in [0.29, 0.717) is 34.0 Å². The Kier molecular flexibility index (Phi) is 23.9. The molecule has 6 N–H and O–H groups in total. The van der Waals surface area contributed by atoms with Crippen LogP contribution in [0.4, 0.5) is 16.4 Å². The molecule has 0 spiro atoms. The van der Waals surface area contributed by atoms with Crippen molar-refractivity contribution in [3.05, 3.63) is 238 Å². The summed E-state index contributed by atoms with van der Waals surface area (Å²) in [5, 5.41) is 42.3. The largest absolute Gasteiger partial charge is 0.497 e. The topological polar surface area (TPSA) is 277 Å². The highest BCUT2D eigenvalue weighted by Gasteiger charge is 2.55. The summed E-state index contributed by atoms with van der Waals surface area (Å²) in [6, 6.07) is 54.4. The number of fused-ring (bicyclic) bond motifs is 1. The van der Waals surface area contributed by atoms with E-state index >= 15 is 0 Å². The second-order valence-electron chi connectivity index (χ2n) is 31.8. The molecule has 8 atom stereocenters. The lowest BCUT2D eigenvalue weighted by molar-refractivity contribution is -0.139. The molecule has 2 aliphatic heterocycles. The van der Waals surface area contributed by atoms with E-state index in [1.165, 1.54) is 10.9 Å². The number of carboxylic acids is 1. The number of amides is 1. The summed E-state index contributed by atoms with van der Waals surface area (Å²) in [4.78, 5) is 64.3. The molecule has 3 aromatic heterocycles. The maximum absolute atomic E-state index is 14.9. The van der Waals surface area contributed by atoms with Gasteiger partial charge in [-0.2, -0.15) is 4.98 Å². The molecule has 2 fully saturated rings. The fraction of sp³-hybridized carbons (Fsp3) is 0.427. The Balaban J connectivity index is 1.07. The number of carboxylic acid groups (broad SMARTS) is 1. The molecule has 5 heterocycles. The van der Waals surface area contributed by atoms with Crippen molar-refractivity contribution >= 4 is 51.5 Å². The SMILES string of the molecule is COc1ccc(C(Nc2nc(=O)n([C@@H]3C[C@H](O)[C@@H](CO)O3)cc2CCN(CC[C@H](NC(=O)OC(C)(C)C)C(=O)O)C[C@H]2O[C@@H](n3cnc4c(NC(c5ccccc5)(c5ccccc5)c5ccc(OC)cc5)ncnc43)[C@H](O[Si](C)(C)C(C)(C)C)[C@@H]2O[Si](C)(C)C(C)(C)C)(c2ccccc2)c2ccccc2)cc1. The van der Waals surface area contributed by atoms with Crippen molar-refractivity contribution in [2.24, 2.45) is 0 Å². The van der Waals surface area contributed by atoms with Crippen LogP contribution in [0.25, 0.3) is 11.2 Å². The molecule has 6 aromatic carbocycles. The van der Waals surface area contributed by atoms with Crippen LogP contribution in [-0.2, 0) is 45.4 Å². The van der Waals surface area contributed by atoms with Gasteiger partial charge in [0.15, 0.2) is 39.8 Å². The molecule has 0 saturated carbocycles. The zero-order valence-corrected chi connectivity index (χ0v) is 66.0. The minimum absolute atomic E-state index is 0.00792. The highest BCUT2D eigenvalue weighted by Crippen LogP contribution is 2.49. The van der Waals surface area contributed by atoms with Gasteiger partial charge in [-0.1, -0.05) is 187 Å². The quantitative estimate of drug-likeness (QED) is 0.0188. The van der Waals surface area contributed by atoms with Crippen LogP contribution in [0.2, 0.25) is 36.3 Å². The predicted octanol–water partition coefficient (Wildman–Crippen LogP) is 13.4. The second kappa shape index (κ2) is 32.3. The van der Waals surface area contributed by atoms with E-state index in [0.717, 1.165) is 33.4 Å². The lowest BCUT2D eigenvalue weighted by Crippen LogP contribution is -2.55. The molecule has 2 aliphatic rings. The van der Waals surface area contributed by atoms with Crippen molar-refractivity contribution in [3.63, 3.8) is 0 Å². The minimum atomic E-state index is -2.82. The van der Waals surface area contributed by atoms with Crippen LogP contribution in [0, 0.1) is 0 Å². The van der Waals surface area contributed by atoms with Gasteiger partial charge in [-0.05, 0) is 128 Å². The molecule has 0 bridgehead atoms. The van der Waals surface area contributed by atoms with E-state index in [-0.39, 0.29) is 54.8 Å². The fourth-order valence-corrected chi connectivity index (χ4v) is 16.2. The van der Waals surface area contributed by atoms with Gasteiger partial charge in [0.1, 0.15) is 77.0 Å². The fourth-order valence-electron chi connectivity index (χ4n) is 13.6. The lowest BCUT2D eigenvalue weighted by atomic mass is 9.77. The van der Waals surface area contributed by atoms with E-state index in [2.05, 4.69) is 113 Å². The number of ether oxygens (including phenoxy) is 5. The number of aromatic nitrogens is 6. The number of benzene rings is 6. The summed E-state index contributed by atoms with van der Waals surface area (Å²) in [6.07, 6.45) is -2.32. The van der Waals surface area contributed by atoms with Gasteiger partial charge in [0.2, 0.25) is 0 Å². The first-order chi connectivity index (χ1) is 50.8. The Morgan fingerprint density at radius 1 is 0.617 bits per heavy atom. The molecular weight excluding hydrogens is 1390 g/mol. The molecule has 0 radical (unpaired) electrons. The highest BCUT2D eigenvalue weighted by atomic mass is 28.4. The van der Waals surface area contributed by atoms with Gasteiger partial charge in [-0.15, -0.1) is 0 Å². The molecule has 0 aliphatic carbocycles. The van der Waals surface area contributed by atoms with Crippen LogP contribution in [0.1, 0.15) is 127 Å². The number of aliphatic carboxylic acids is 1. The average Bonchev–Trinajstić information content (AvgIpc) is 1.72. The number of carbonyl (C=O) groups is 2. The molecule has 25 heteroatoms. The third-order valence-corrected chi connectivity index (χ3v) is 30.4. The summed E-state index contributed by atoms with van der Waals surface area (Å²) < 4.78 is 49.8. The van der Waals surface area contributed by atoms with E-state index in [4.69, 9.17) is 52.5 Å². The maximum Gasteiger partial charge on any atom is 0.408 e. The number of nitrogens with zero attached hydrogens (tertiary/aromatic N) is 7. The Morgan fingerprint density at radius 2 is 1.09 bits per heavy atom. The van der Waals surface area contributed by atoms with Crippen LogP contribution in [0.5, 0.6) is 11.5 Å². The number of hydrogen-bond donors (Lipinski definition) is 6. The zero-order chi connectivity index (χ0) is 76.9. The highest BCUT2D eigenvalue weighted by molar-refractivity contribution is 6.74. The average molecular weight is 1490 g/mol. The smallest absolute Gasteiger partial charge is 0.408 e. The van der Waals surface area contributed by atoms with Crippen molar-refractivity contribution in [2.45, 2.75) is 184 Å². The molecule has 0 unspecified atom stereocenters. The van der Waals surface area contributed by atoms with Gasteiger partial charge >= 0.3 is 17.8 Å². The summed E-state index contributed by atoms with van der Waals surface area (Å²) in [7, 11) is -2.38. The van der Waals surface area contributed by atoms with Crippen molar-refractivity contribution in [3.8, 4) is 11.5 Å².